The van der Waals surface area contributed by atoms with Crippen molar-refractivity contribution in [2.75, 3.05) is 0 Å². The van der Waals surface area contributed by atoms with Gasteiger partial charge in [-0.1, -0.05) is 18.2 Å². The van der Waals surface area contributed by atoms with Crippen LogP contribution in [0, 0.1) is 5.21 Å². The Morgan fingerprint density at radius 1 is 1.33 bits per heavy atom. The Balaban J connectivity index is 3.04. The highest BCUT2D eigenvalue weighted by Gasteiger charge is 2.29. The predicted molar refractivity (Wildman–Crippen MR) is 72.0 cm³/mol. The molecular formula is C13H18N2O6. The number of aliphatic carboxylic acids is 1. The smallest absolute Gasteiger partial charge is 0.408 e. The van der Waals surface area contributed by atoms with Crippen LogP contribution in [0.2, 0.25) is 0 Å². The number of ether oxygens (including phenoxy) is 1. The summed E-state index contributed by atoms with van der Waals surface area (Å²) in [6.07, 6.45) is -0.935. The van der Waals surface area contributed by atoms with E-state index in [2.05, 4.69) is 5.32 Å². The molecule has 0 aliphatic heterocycles. The lowest BCUT2D eigenvalue weighted by atomic mass is 10.1. The number of rotatable bonds is 4. The fourth-order valence-electron chi connectivity index (χ4n) is 1.64. The molecule has 0 heterocycles. The van der Waals surface area contributed by atoms with Gasteiger partial charge in [-0.2, -0.15) is 5.23 Å². The van der Waals surface area contributed by atoms with Crippen LogP contribution >= 0.6 is 0 Å². The second kappa shape index (κ2) is 6.53. The number of carbonyl (C=O) groups is 2. The van der Waals surface area contributed by atoms with Crippen LogP contribution in [0.15, 0.2) is 24.3 Å². The van der Waals surface area contributed by atoms with Gasteiger partial charge in [0.2, 0.25) is 0 Å². The van der Waals surface area contributed by atoms with Crippen LogP contribution in [-0.2, 0) is 9.53 Å². The lowest BCUT2D eigenvalue weighted by Gasteiger charge is -2.23. The predicted octanol–water partition coefficient (Wildman–Crippen LogP) is 0.740. The quantitative estimate of drug-likeness (QED) is 0.608. The summed E-state index contributed by atoms with van der Waals surface area (Å²) in [6, 6.07) is 4.06. The fourth-order valence-corrected chi connectivity index (χ4v) is 1.64. The third-order valence-electron chi connectivity index (χ3n) is 2.41. The first kappa shape index (κ1) is 16.9. The highest BCUT2D eigenvalue weighted by molar-refractivity contribution is 5.82. The molecule has 0 saturated heterocycles. The van der Waals surface area contributed by atoms with Gasteiger partial charge in [-0.15, -0.1) is 0 Å². The molecule has 4 N–H and O–H groups in total. The van der Waals surface area contributed by atoms with Gasteiger partial charge in [-0.25, -0.2) is 14.8 Å². The minimum Gasteiger partial charge on any atom is -0.595 e. The molecule has 0 radical (unpaired) electrons. The molecule has 8 nitrogen and oxygen atoms in total. The van der Waals surface area contributed by atoms with Crippen molar-refractivity contribution in [3.63, 3.8) is 0 Å². The second-order valence-electron chi connectivity index (χ2n) is 5.31. The van der Waals surface area contributed by atoms with Crippen molar-refractivity contribution in [2.24, 2.45) is 0 Å². The van der Waals surface area contributed by atoms with Gasteiger partial charge in [-0.05, 0) is 20.8 Å². The highest BCUT2D eigenvalue weighted by Crippen LogP contribution is 2.21. The van der Waals surface area contributed by atoms with E-state index in [-0.39, 0.29) is 11.3 Å². The van der Waals surface area contributed by atoms with Crippen LogP contribution in [-0.4, -0.2) is 28.0 Å². The molecule has 8 heteroatoms. The van der Waals surface area contributed by atoms with Crippen LogP contribution < -0.4 is 10.5 Å². The van der Waals surface area contributed by atoms with Gasteiger partial charge in [0.25, 0.3) is 0 Å². The van der Waals surface area contributed by atoms with Crippen molar-refractivity contribution >= 4 is 17.7 Å². The van der Waals surface area contributed by atoms with E-state index >= 15 is 0 Å². The van der Waals surface area contributed by atoms with Crippen molar-refractivity contribution in [1.29, 1.82) is 0 Å². The minimum absolute atomic E-state index is 0.0247. The lowest BCUT2D eigenvalue weighted by molar-refractivity contribution is -0.991. The van der Waals surface area contributed by atoms with E-state index < -0.39 is 28.9 Å². The third-order valence-corrected chi connectivity index (χ3v) is 2.41. The zero-order valence-corrected chi connectivity index (χ0v) is 11.9. The molecule has 116 valence electrons. The molecular weight excluding hydrogens is 280 g/mol. The van der Waals surface area contributed by atoms with E-state index in [1.165, 1.54) is 24.3 Å². The van der Waals surface area contributed by atoms with Crippen molar-refractivity contribution in [3.05, 3.63) is 35.0 Å². The molecule has 1 aromatic carbocycles. The molecule has 0 bridgehead atoms. The number of hydrogen-bond donors (Lipinski definition) is 4. The molecule has 1 rings (SSSR count). The SMILES string of the molecule is CC(C)(C)OC(=O)N[C@H](C(=O)O)c1ccccc1[NH+]([O-])O. The molecule has 2 atom stereocenters. The molecule has 1 unspecified atom stereocenters. The number of alkyl carbamates (subject to hydrolysis) is 1. The first-order valence-corrected chi connectivity index (χ1v) is 6.16. The number of carboxylic acids is 1. The number of carboxylic acid groups (broad SMARTS) is 1. The molecule has 0 aliphatic carbocycles. The molecule has 21 heavy (non-hydrogen) atoms. The zero-order valence-electron chi connectivity index (χ0n) is 11.9. The van der Waals surface area contributed by atoms with Gasteiger partial charge in [0.15, 0.2) is 11.7 Å². The zero-order chi connectivity index (χ0) is 16.2. The summed E-state index contributed by atoms with van der Waals surface area (Å²) < 4.78 is 4.98. The maximum absolute atomic E-state index is 11.7. The number of nitrogens with one attached hydrogen (secondary N) is 2. The third kappa shape index (κ3) is 5.03. The summed E-state index contributed by atoms with van der Waals surface area (Å²) in [5.74, 6) is -1.38. The molecule has 0 fully saturated rings. The van der Waals surface area contributed by atoms with E-state index in [1.807, 2.05) is 0 Å². The van der Waals surface area contributed by atoms with Crippen LogP contribution in [0.3, 0.4) is 0 Å². The Morgan fingerprint density at radius 2 is 1.90 bits per heavy atom. The van der Waals surface area contributed by atoms with Crippen molar-refractivity contribution in [1.82, 2.24) is 5.32 Å². The average Bonchev–Trinajstić information content (AvgIpc) is 2.33. The van der Waals surface area contributed by atoms with Crippen LogP contribution in [0.5, 0.6) is 0 Å². The van der Waals surface area contributed by atoms with Crippen LogP contribution in [0.1, 0.15) is 32.4 Å². The summed E-state index contributed by atoms with van der Waals surface area (Å²) in [7, 11) is 0. The minimum atomic E-state index is -1.51. The van der Waals surface area contributed by atoms with Gasteiger partial charge in [0, 0.05) is 6.07 Å². The number of amides is 1. The van der Waals surface area contributed by atoms with E-state index in [9.17, 15) is 19.9 Å². The standard InChI is InChI=1S/C13H18N2O6/c1-13(2,3)21-12(18)14-10(11(16)17)8-6-4-5-7-9(8)15(19)20/h4-7,10,15,19H,1-3H3,(H,14,18)(H,16,17)/t10-/m0/s1. The van der Waals surface area contributed by atoms with Crippen LogP contribution in [0.25, 0.3) is 0 Å². The molecule has 1 amide bonds. The number of hydrogen-bond acceptors (Lipinski definition) is 5. The lowest BCUT2D eigenvalue weighted by Crippen LogP contribution is -2.99. The number of quaternary nitrogens is 1. The largest absolute Gasteiger partial charge is 0.595 e. The van der Waals surface area contributed by atoms with Crippen LogP contribution in [0.4, 0.5) is 10.5 Å². The first-order chi connectivity index (χ1) is 9.61. The highest BCUT2D eigenvalue weighted by atomic mass is 16.8. The van der Waals surface area contributed by atoms with Crippen molar-refractivity contribution < 1.29 is 29.9 Å². The summed E-state index contributed by atoms with van der Waals surface area (Å²) in [6.45, 7) is 4.90. The topological polar surface area (TPSA) is 123 Å². The summed E-state index contributed by atoms with van der Waals surface area (Å²) in [4.78, 5) is 23.0. The Morgan fingerprint density at radius 3 is 2.38 bits per heavy atom. The summed E-state index contributed by atoms with van der Waals surface area (Å²) in [5, 5.41) is 30.3. The Kier molecular flexibility index (Phi) is 5.25. The first-order valence-electron chi connectivity index (χ1n) is 6.16. The molecule has 0 spiro atoms. The van der Waals surface area contributed by atoms with E-state index in [4.69, 9.17) is 9.94 Å². The van der Waals surface area contributed by atoms with Gasteiger partial charge < -0.3 is 20.4 Å². The van der Waals surface area contributed by atoms with Gasteiger partial charge in [0.1, 0.15) is 5.60 Å². The van der Waals surface area contributed by atoms with Crippen molar-refractivity contribution in [3.8, 4) is 0 Å². The molecule has 0 saturated carbocycles. The number of carbonyl (C=O) groups excluding carboxylic acids is 1. The molecule has 1 aromatic rings. The fraction of sp³-hybridized carbons (Fsp3) is 0.385. The van der Waals surface area contributed by atoms with Gasteiger partial charge >= 0.3 is 12.1 Å². The van der Waals surface area contributed by atoms with Gasteiger partial charge in [-0.3, -0.25) is 0 Å². The Labute approximate surface area is 121 Å². The molecule has 0 aromatic heterocycles. The Bertz CT molecular complexity index is 524. The maximum Gasteiger partial charge on any atom is 0.408 e. The van der Waals surface area contributed by atoms with E-state index in [1.54, 1.807) is 20.8 Å². The Hall–Kier alpha value is -2.16. The number of benzene rings is 1. The maximum atomic E-state index is 11.7. The summed E-state index contributed by atoms with van der Waals surface area (Å²) >= 11 is 0. The van der Waals surface area contributed by atoms with E-state index in [0.29, 0.717) is 0 Å². The average molecular weight is 298 g/mol. The normalized spacial score (nSPS) is 14.1. The summed E-state index contributed by atoms with van der Waals surface area (Å²) in [5.41, 5.74) is -1.01. The second-order valence-corrected chi connectivity index (χ2v) is 5.31. The van der Waals surface area contributed by atoms with Crippen molar-refractivity contribution in [2.45, 2.75) is 32.4 Å². The van der Waals surface area contributed by atoms with Gasteiger partial charge in [0.05, 0.1) is 5.56 Å². The number of para-hydroxylation sites is 1. The molecule has 0 aliphatic rings. The monoisotopic (exact) mass is 298 g/mol. The van der Waals surface area contributed by atoms with E-state index in [0.717, 1.165) is 0 Å².